The minimum atomic E-state index is -1.78. The number of hydrogen-bond donors (Lipinski definition) is 5. The predicted octanol–water partition coefficient (Wildman–Crippen LogP) is -1.50. The van der Waals surface area contributed by atoms with Crippen LogP contribution in [0.15, 0.2) is 6.33 Å². The summed E-state index contributed by atoms with van der Waals surface area (Å²) in [6.45, 7) is 0.820. The molecule has 1 saturated heterocycles. The summed E-state index contributed by atoms with van der Waals surface area (Å²) in [5.41, 5.74) is 0.0852. The van der Waals surface area contributed by atoms with E-state index in [9.17, 15) is 20.6 Å². The second kappa shape index (κ2) is 5.37. The Bertz CT molecular complexity index is 784. The van der Waals surface area contributed by atoms with Gasteiger partial charge in [0.05, 0.1) is 6.61 Å². The summed E-state index contributed by atoms with van der Waals surface area (Å²) in [7, 11) is 0. The molecule has 3 heterocycles. The van der Waals surface area contributed by atoms with Crippen molar-refractivity contribution < 1.29 is 25.3 Å². The minimum absolute atomic E-state index is 0.0327. The summed E-state index contributed by atoms with van der Waals surface area (Å²) >= 11 is 0. The van der Waals surface area contributed by atoms with Gasteiger partial charge in [-0.3, -0.25) is 10.7 Å². The molecule has 1 aliphatic heterocycles. The molecule has 0 aliphatic carbocycles. The molecule has 1 aliphatic rings. The molecule has 3 rings (SSSR count). The van der Waals surface area contributed by atoms with E-state index in [1.165, 1.54) is 6.92 Å². The van der Waals surface area contributed by atoms with Gasteiger partial charge in [0.25, 0.3) is 0 Å². The molecule has 122 valence electrons. The highest BCUT2D eigenvalue weighted by atomic mass is 16.6. The molecule has 11 nitrogen and oxygen atoms in total. The molecule has 0 spiro atoms. The van der Waals surface area contributed by atoms with Gasteiger partial charge in [-0.15, -0.1) is 0 Å². The number of aliphatic hydroxyl groups is 3. The van der Waals surface area contributed by atoms with Crippen LogP contribution in [0.2, 0.25) is 0 Å². The second-order valence-corrected chi connectivity index (χ2v) is 5.32. The van der Waals surface area contributed by atoms with Gasteiger partial charge in [-0.1, -0.05) is 0 Å². The zero-order valence-corrected chi connectivity index (χ0v) is 11.9. The van der Waals surface area contributed by atoms with Crippen molar-refractivity contribution in [3.8, 4) is 6.07 Å². The lowest BCUT2D eigenvalue weighted by molar-refractivity contribution is -0.100. The van der Waals surface area contributed by atoms with Crippen molar-refractivity contribution in [3.63, 3.8) is 0 Å². The van der Waals surface area contributed by atoms with E-state index in [4.69, 9.17) is 9.94 Å². The molecular weight excluding hydrogens is 308 g/mol. The van der Waals surface area contributed by atoms with Crippen molar-refractivity contribution in [1.29, 1.82) is 5.26 Å². The number of hydrogen-bond acceptors (Lipinski definition) is 10. The third-order valence-electron chi connectivity index (χ3n) is 3.86. The topological polar surface area (TPSA) is 170 Å². The van der Waals surface area contributed by atoms with Crippen LogP contribution in [0.3, 0.4) is 0 Å². The van der Waals surface area contributed by atoms with Crippen LogP contribution < -0.4 is 5.48 Å². The zero-order chi connectivity index (χ0) is 16.8. The number of nitrogens with zero attached hydrogens (tertiary/aromatic N) is 5. The number of aliphatic hydroxyl groups excluding tert-OH is 2. The number of nitriles is 1. The first-order valence-corrected chi connectivity index (χ1v) is 6.65. The van der Waals surface area contributed by atoms with Gasteiger partial charge in [0.1, 0.15) is 35.6 Å². The maximum Gasteiger partial charge on any atom is 0.183 e. The third kappa shape index (κ3) is 2.12. The van der Waals surface area contributed by atoms with Crippen molar-refractivity contribution in [2.45, 2.75) is 31.0 Å². The highest BCUT2D eigenvalue weighted by Gasteiger charge is 2.54. The second-order valence-electron chi connectivity index (χ2n) is 5.32. The fourth-order valence-electron chi connectivity index (χ4n) is 2.65. The summed E-state index contributed by atoms with van der Waals surface area (Å²) in [5.74, 6) is -0.0327. The monoisotopic (exact) mass is 322 g/mol. The van der Waals surface area contributed by atoms with Gasteiger partial charge in [-0.25, -0.2) is 14.6 Å². The number of fused-ring (bicyclic) bond motifs is 1. The van der Waals surface area contributed by atoms with E-state index in [-0.39, 0.29) is 22.5 Å². The van der Waals surface area contributed by atoms with Crippen LogP contribution in [-0.4, -0.2) is 64.7 Å². The van der Waals surface area contributed by atoms with E-state index >= 15 is 0 Å². The maximum atomic E-state index is 10.5. The number of rotatable bonds is 3. The van der Waals surface area contributed by atoms with Crippen molar-refractivity contribution in [2.75, 3.05) is 12.1 Å². The van der Waals surface area contributed by atoms with Crippen LogP contribution in [-0.2, 0) is 4.74 Å². The van der Waals surface area contributed by atoms with E-state index < -0.39 is 30.6 Å². The molecule has 1 fully saturated rings. The molecule has 0 bridgehead atoms. The van der Waals surface area contributed by atoms with Crippen LogP contribution in [0.25, 0.3) is 11.0 Å². The molecule has 11 heteroatoms. The van der Waals surface area contributed by atoms with E-state index in [0.717, 1.165) is 11.0 Å². The Hall–Kier alpha value is -2.36. The van der Waals surface area contributed by atoms with E-state index in [0.29, 0.717) is 0 Å². The van der Waals surface area contributed by atoms with Crippen LogP contribution >= 0.6 is 0 Å². The lowest BCUT2D eigenvalue weighted by Gasteiger charge is -2.26. The van der Waals surface area contributed by atoms with E-state index in [2.05, 4.69) is 15.1 Å². The lowest BCUT2D eigenvalue weighted by Crippen LogP contribution is -2.44. The maximum absolute atomic E-state index is 10.5. The fourth-order valence-corrected chi connectivity index (χ4v) is 2.65. The van der Waals surface area contributed by atoms with Gasteiger partial charge in [-0.2, -0.15) is 10.4 Å². The standard InChI is InChI=1S/C12H14N6O5/c1-12(21)8(20)6(3-19)23-11(12)18-10-7(5(2-13)16-18)9(17-22)14-4-15-10/h4,6,8,11,19-22H,3H2,1H3,(H,14,15,17)/t6?,8?,11?,12-/m1/s1. The highest BCUT2D eigenvalue weighted by Crippen LogP contribution is 2.39. The first-order chi connectivity index (χ1) is 11.0. The molecule has 2 aromatic rings. The van der Waals surface area contributed by atoms with Gasteiger partial charge >= 0.3 is 0 Å². The number of anilines is 1. The van der Waals surface area contributed by atoms with Gasteiger partial charge < -0.3 is 20.1 Å². The Labute approximate surface area is 129 Å². The Morgan fingerprint density at radius 1 is 1.52 bits per heavy atom. The van der Waals surface area contributed by atoms with E-state index in [1.54, 1.807) is 0 Å². The molecule has 2 aromatic heterocycles. The smallest absolute Gasteiger partial charge is 0.183 e. The number of ether oxygens (including phenoxy) is 1. The van der Waals surface area contributed by atoms with Crippen LogP contribution in [0.5, 0.6) is 0 Å². The van der Waals surface area contributed by atoms with E-state index in [1.807, 2.05) is 11.5 Å². The van der Waals surface area contributed by atoms with Gasteiger partial charge in [-0.05, 0) is 6.92 Å². The molecule has 0 aromatic carbocycles. The Morgan fingerprint density at radius 3 is 2.83 bits per heavy atom. The zero-order valence-electron chi connectivity index (χ0n) is 11.9. The van der Waals surface area contributed by atoms with Crippen molar-refractivity contribution in [3.05, 3.63) is 12.0 Å². The SMILES string of the molecule is C[C@@]1(O)C(O)C(CO)OC1n1nc(C#N)c2c(NO)ncnc21. The first-order valence-electron chi connectivity index (χ1n) is 6.65. The average molecular weight is 322 g/mol. The summed E-state index contributed by atoms with van der Waals surface area (Å²) < 4.78 is 6.58. The van der Waals surface area contributed by atoms with Crippen molar-refractivity contribution >= 4 is 16.9 Å². The van der Waals surface area contributed by atoms with Gasteiger partial charge in [0, 0.05) is 0 Å². The lowest BCUT2D eigenvalue weighted by atomic mass is 9.97. The minimum Gasteiger partial charge on any atom is -0.394 e. The Balaban J connectivity index is 2.20. The quantitative estimate of drug-likeness (QED) is 0.419. The molecule has 5 N–H and O–H groups in total. The van der Waals surface area contributed by atoms with Crippen LogP contribution in [0, 0.1) is 11.3 Å². The van der Waals surface area contributed by atoms with Gasteiger partial charge in [0.2, 0.25) is 0 Å². The van der Waals surface area contributed by atoms with Crippen molar-refractivity contribution in [1.82, 2.24) is 19.7 Å². The largest absolute Gasteiger partial charge is 0.394 e. The van der Waals surface area contributed by atoms with Crippen LogP contribution in [0.1, 0.15) is 18.8 Å². The third-order valence-corrected chi connectivity index (χ3v) is 3.86. The summed E-state index contributed by atoms with van der Waals surface area (Å²) in [4.78, 5) is 7.78. The summed E-state index contributed by atoms with van der Waals surface area (Å²) in [6.07, 6.45) is -2.44. The Kier molecular flexibility index (Phi) is 3.63. The molecule has 3 unspecified atom stereocenters. The van der Waals surface area contributed by atoms with Crippen LogP contribution in [0.4, 0.5) is 5.82 Å². The fraction of sp³-hybridized carbons (Fsp3) is 0.500. The first kappa shape index (κ1) is 15.5. The molecule has 0 radical (unpaired) electrons. The summed E-state index contributed by atoms with van der Waals surface area (Å²) in [5, 5.41) is 52.3. The van der Waals surface area contributed by atoms with Crippen molar-refractivity contribution in [2.24, 2.45) is 0 Å². The molecule has 0 saturated carbocycles. The molecule has 0 amide bonds. The number of nitrogens with one attached hydrogen (secondary N) is 1. The molecular formula is C12H14N6O5. The molecule has 23 heavy (non-hydrogen) atoms. The normalized spacial score (nSPS) is 30.5. The number of aromatic nitrogens is 4. The highest BCUT2D eigenvalue weighted by molar-refractivity contribution is 5.90. The molecule has 4 atom stereocenters. The predicted molar refractivity (Wildman–Crippen MR) is 73.1 cm³/mol. The summed E-state index contributed by atoms with van der Waals surface area (Å²) in [6, 6.07) is 1.84. The Morgan fingerprint density at radius 2 is 2.26 bits per heavy atom. The average Bonchev–Trinajstić information content (AvgIpc) is 3.03. The van der Waals surface area contributed by atoms with Gasteiger partial charge in [0.15, 0.2) is 23.4 Å².